The zero-order valence-corrected chi connectivity index (χ0v) is 11.4. The maximum absolute atomic E-state index is 9.81. The van der Waals surface area contributed by atoms with Crippen LogP contribution >= 0.6 is 0 Å². The molecule has 0 spiro atoms. The van der Waals surface area contributed by atoms with Gasteiger partial charge in [-0.1, -0.05) is 18.2 Å². The third-order valence-electron chi connectivity index (χ3n) is 4.53. The Morgan fingerprint density at radius 1 is 1.20 bits per heavy atom. The van der Waals surface area contributed by atoms with E-state index in [0.29, 0.717) is 6.54 Å². The predicted octanol–water partition coefficient (Wildman–Crippen LogP) is 0.273. The largest absolute Gasteiger partial charge is 0.400 e. The van der Waals surface area contributed by atoms with Gasteiger partial charge in [-0.3, -0.25) is 15.2 Å². The van der Waals surface area contributed by atoms with E-state index in [1.54, 1.807) is 6.20 Å². The van der Waals surface area contributed by atoms with Crippen LogP contribution in [0.3, 0.4) is 0 Å². The molecule has 1 aromatic carbocycles. The monoisotopic (exact) mass is 269 g/mol. The second-order valence-corrected chi connectivity index (χ2v) is 5.85. The van der Waals surface area contributed by atoms with E-state index < -0.39 is 0 Å². The lowest BCUT2D eigenvalue weighted by Crippen LogP contribution is -2.45. The highest BCUT2D eigenvalue weighted by atomic mass is 16.5. The van der Waals surface area contributed by atoms with Crippen LogP contribution in [0.4, 0.5) is 0 Å². The number of rotatable bonds is 1. The zero-order valence-electron chi connectivity index (χ0n) is 11.4. The first kappa shape index (κ1) is 12.0. The lowest BCUT2D eigenvalue weighted by Gasteiger charge is -2.33. The Balaban J connectivity index is 1.96. The minimum atomic E-state index is 0.204. The molecule has 1 fully saturated rings. The van der Waals surface area contributed by atoms with Crippen molar-refractivity contribution in [3.63, 3.8) is 0 Å². The number of nitrogens with zero attached hydrogens (tertiary/aromatic N) is 2. The summed E-state index contributed by atoms with van der Waals surface area (Å²) in [6, 6.07) is 6.50. The Morgan fingerprint density at radius 3 is 2.80 bits per heavy atom. The van der Waals surface area contributed by atoms with Crippen LogP contribution in [0.2, 0.25) is 0 Å². The van der Waals surface area contributed by atoms with Gasteiger partial charge in [0.25, 0.3) is 0 Å². The molecule has 20 heavy (non-hydrogen) atoms. The zero-order chi connectivity index (χ0) is 13.7. The van der Waals surface area contributed by atoms with Gasteiger partial charge >= 0.3 is 0 Å². The van der Waals surface area contributed by atoms with Gasteiger partial charge in [-0.2, -0.15) is 0 Å². The summed E-state index contributed by atoms with van der Waals surface area (Å²) in [5.41, 5.74) is 9.67. The molecule has 3 N–H and O–H groups in total. The maximum atomic E-state index is 9.81. The highest BCUT2D eigenvalue weighted by molar-refractivity contribution is 5.67. The molecule has 0 radical (unpaired) electrons. The average molecular weight is 269 g/mol. The van der Waals surface area contributed by atoms with Crippen LogP contribution in [0.25, 0.3) is 11.8 Å². The first-order chi connectivity index (χ1) is 9.74. The number of nitrogens with two attached hydrogens (primary N) is 1. The highest BCUT2D eigenvalue weighted by Gasteiger charge is 2.30. The van der Waals surface area contributed by atoms with E-state index in [9.17, 15) is 5.21 Å². The second kappa shape index (κ2) is 4.36. The first-order valence-corrected chi connectivity index (χ1v) is 7.24. The van der Waals surface area contributed by atoms with Crippen molar-refractivity contribution in [1.29, 1.82) is 0 Å². The molecule has 0 amide bonds. The van der Waals surface area contributed by atoms with Crippen molar-refractivity contribution in [1.82, 2.24) is 9.96 Å². The van der Waals surface area contributed by atoms with Crippen LogP contribution in [0.1, 0.15) is 24.4 Å². The van der Waals surface area contributed by atoms with E-state index in [0.717, 1.165) is 29.6 Å². The summed E-state index contributed by atoms with van der Waals surface area (Å²) in [6.45, 7) is 2.75. The molecule has 4 heteroatoms. The second-order valence-electron chi connectivity index (χ2n) is 5.85. The molecule has 0 saturated carbocycles. The van der Waals surface area contributed by atoms with Gasteiger partial charge in [0.2, 0.25) is 0 Å². The summed E-state index contributed by atoms with van der Waals surface area (Å²) in [7, 11) is 0. The van der Waals surface area contributed by atoms with Gasteiger partial charge in [-0.15, -0.1) is 0 Å². The lowest BCUT2D eigenvalue weighted by molar-refractivity contribution is -0.00755. The van der Waals surface area contributed by atoms with Crippen molar-refractivity contribution in [2.45, 2.75) is 18.9 Å². The van der Waals surface area contributed by atoms with Crippen LogP contribution in [0, 0.1) is 0 Å². The molecular weight excluding hydrogens is 250 g/mol. The molecule has 4 nitrogen and oxygen atoms in total. The van der Waals surface area contributed by atoms with Crippen LogP contribution in [-0.2, 0) is 0 Å². The van der Waals surface area contributed by atoms with Gasteiger partial charge < -0.3 is 5.73 Å². The molecule has 0 bridgehead atoms. The van der Waals surface area contributed by atoms with Crippen LogP contribution in [-0.4, -0.2) is 34.8 Å². The predicted molar refractivity (Wildman–Crippen MR) is 77.9 cm³/mol. The molecule has 4 rings (SSSR count). The van der Waals surface area contributed by atoms with Crippen LogP contribution < -0.4 is 16.2 Å². The third-order valence-corrected chi connectivity index (χ3v) is 4.53. The summed E-state index contributed by atoms with van der Waals surface area (Å²) in [5.74, 6) is 0. The van der Waals surface area contributed by atoms with Gasteiger partial charge in [-0.05, 0) is 48.4 Å². The molecule has 2 heterocycles. The van der Waals surface area contributed by atoms with E-state index in [2.05, 4.69) is 29.2 Å². The van der Waals surface area contributed by atoms with Gasteiger partial charge in [0.15, 0.2) is 0 Å². The summed E-state index contributed by atoms with van der Waals surface area (Å²) in [5, 5.41) is 13.4. The van der Waals surface area contributed by atoms with Gasteiger partial charge in [0, 0.05) is 17.1 Å². The Labute approximate surface area is 118 Å². The fraction of sp³-hybridized carbons (Fsp3) is 0.375. The van der Waals surface area contributed by atoms with Crippen molar-refractivity contribution >= 4 is 11.8 Å². The SMILES string of the molecule is NC1=CC2=c3c(cccc3=CN(O)C2)C1N1CCCC1. The molecule has 1 unspecified atom stereocenters. The summed E-state index contributed by atoms with van der Waals surface area (Å²) in [4.78, 5) is 2.48. The molecule has 104 valence electrons. The third kappa shape index (κ3) is 1.69. The minimum Gasteiger partial charge on any atom is -0.400 e. The maximum Gasteiger partial charge on any atom is 0.0754 e. The molecular formula is C16H19N3O. The summed E-state index contributed by atoms with van der Waals surface area (Å²) >= 11 is 0. The number of benzene rings is 1. The standard InChI is InChI=1S/C16H19N3O/c17-14-8-12-10-19(20)9-11-4-3-5-13(15(11)12)16(14)18-6-1-2-7-18/h3-5,8-9,16,20H,1-2,6-7,10,17H2. The molecule has 3 aliphatic rings. The fourth-order valence-corrected chi connectivity index (χ4v) is 3.74. The smallest absolute Gasteiger partial charge is 0.0754 e. The number of hydrogen-bond acceptors (Lipinski definition) is 4. The van der Waals surface area contributed by atoms with Gasteiger partial charge in [0.05, 0.1) is 12.6 Å². The average Bonchev–Trinajstić information content (AvgIpc) is 2.92. The number of hydroxylamine groups is 2. The Bertz CT molecular complexity index is 701. The Kier molecular flexibility index (Phi) is 2.62. The van der Waals surface area contributed by atoms with Crippen molar-refractivity contribution < 1.29 is 5.21 Å². The first-order valence-electron chi connectivity index (χ1n) is 7.24. The van der Waals surface area contributed by atoms with Crippen LogP contribution in [0.15, 0.2) is 30.0 Å². The molecule has 2 aliphatic heterocycles. The number of likely N-dealkylation sites (tertiary alicyclic amines) is 1. The molecule has 1 saturated heterocycles. The Hall–Kier alpha value is -1.78. The van der Waals surface area contributed by atoms with Gasteiger partial charge in [-0.25, -0.2) is 0 Å². The van der Waals surface area contributed by atoms with E-state index in [1.807, 2.05) is 0 Å². The van der Waals surface area contributed by atoms with Gasteiger partial charge in [0.1, 0.15) is 0 Å². The topological polar surface area (TPSA) is 52.7 Å². The van der Waals surface area contributed by atoms with E-state index >= 15 is 0 Å². The van der Waals surface area contributed by atoms with Crippen molar-refractivity contribution in [2.75, 3.05) is 19.6 Å². The quantitative estimate of drug-likeness (QED) is 0.768. The molecule has 1 aromatic rings. The lowest BCUT2D eigenvalue weighted by atomic mass is 9.89. The molecule has 1 aliphatic carbocycles. The number of hydrogen-bond donors (Lipinski definition) is 2. The fourth-order valence-electron chi connectivity index (χ4n) is 3.74. The van der Waals surface area contributed by atoms with E-state index in [1.165, 1.54) is 28.7 Å². The highest BCUT2D eigenvalue weighted by Crippen LogP contribution is 2.30. The summed E-state index contributed by atoms with van der Waals surface area (Å²) in [6.07, 6.45) is 6.38. The Morgan fingerprint density at radius 2 is 2.00 bits per heavy atom. The van der Waals surface area contributed by atoms with E-state index in [4.69, 9.17) is 5.73 Å². The normalized spacial score (nSPS) is 25.2. The minimum absolute atomic E-state index is 0.204. The van der Waals surface area contributed by atoms with Crippen LogP contribution in [0.5, 0.6) is 0 Å². The van der Waals surface area contributed by atoms with Crippen molar-refractivity contribution in [3.8, 4) is 0 Å². The van der Waals surface area contributed by atoms with E-state index in [-0.39, 0.29) is 6.04 Å². The molecule has 1 atom stereocenters. The van der Waals surface area contributed by atoms with Crippen molar-refractivity contribution in [3.05, 3.63) is 46.0 Å². The van der Waals surface area contributed by atoms with Crippen molar-refractivity contribution in [2.24, 2.45) is 5.73 Å². The molecule has 0 aromatic heterocycles. The summed E-state index contributed by atoms with van der Waals surface area (Å²) < 4.78 is 0.